The largest absolute Gasteiger partial charge is 0.469 e. The van der Waals surface area contributed by atoms with Crippen LogP contribution in [0.3, 0.4) is 0 Å². The number of methoxy groups -OCH3 is 2. The SMILES string of the molecule is CCCCCCCC1=C2C=CC(=N2)C(CCCCC(=O)OC)=C2C=CC(=N2)/C(=C2/NC=CN2C)c2ccc([nH]2)C(CCCCC(=O)OC)=C2C=CC1=N2. The lowest BCUT2D eigenvalue weighted by atomic mass is 10.00. The molecule has 1 aromatic rings. The Labute approximate surface area is 313 Å². The third kappa shape index (κ3) is 9.04. The highest BCUT2D eigenvalue weighted by Gasteiger charge is 2.27. The minimum atomic E-state index is -0.194. The van der Waals surface area contributed by atoms with E-state index < -0.39 is 0 Å². The summed E-state index contributed by atoms with van der Waals surface area (Å²) in [6, 6.07) is 4.25. The van der Waals surface area contributed by atoms with Crippen molar-refractivity contribution in [2.24, 2.45) is 15.0 Å². The van der Waals surface area contributed by atoms with E-state index in [1.54, 1.807) is 0 Å². The van der Waals surface area contributed by atoms with Crippen molar-refractivity contribution in [1.82, 2.24) is 15.2 Å². The third-order valence-electron chi connectivity index (χ3n) is 10.2. The highest BCUT2D eigenvalue weighted by atomic mass is 16.5. The molecule has 6 rings (SSSR count). The van der Waals surface area contributed by atoms with Crippen LogP contribution in [0, 0.1) is 0 Å². The molecule has 0 fully saturated rings. The molecule has 0 aliphatic carbocycles. The first-order valence-corrected chi connectivity index (χ1v) is 19.1. The van der Waals surface area contributed by atoms with Gasteiger partial charge in [-0.25, -0.2) is 15.0 Å². The van der Waals surface area contributed by atoms with Crippen molar-refractivity contribution in [1.29, 1.82) is 0 Å². The van der Waals surface area contributed by atoms with E-state index in [0.29, 0.717) is 12.8 Å². The van der Waals surface area contributed by atoms with E-state index in [1.807, 2.05) is 19.4 Å². The smallest absolute Gasteiger partial charge is 0.305 e. The van der Waals surface area contributed by atoms with Gasteiger partial charge in [-0.3, -0.25) is 9.59 Å². The number of fused-ring (bicyclic) bond motifs is 5. The van der Waals surface area contributed by atoms with Crippen LogP contribution >= 0.6 is 0 Å². The average molecular weight is 717 g/mol. The fraction of sp³-hybridized carbons (Fsp3) is 0.419. The molecular formula is C43H52N6O4. The molecule has 8 bridgehead atoms. The number of hydrogen-bond acceptors (Lipinski definition) is 9. The molecule has 2 N–H and O–H groups in total. The topological polar surface area (TPSA) is 121 Å². The number of allylic oxidation sites excluding steroid dienone is 10. The van der Waals surface area contributed by atoms with Crippen molar-refractivity contribution in [3.05, 3.63) is 106 Å². The quantitative estimate of drug-likeness (QED) is 0.130. The summed E-state index contributed by atoms with van der Waals surface area (Å²) in [6.45, 7) is 2.24. The van der Waals surface area contributed by atoms with Crippen molar-refractivity contribution in [3.8, 4) is 0 Å². The molecule has 10 heteroatoms. The van der Waals surface area contributed by atoms with Crippen LogP contribution < -0.4 is 5.32 Å². The summed E-state index contributed by atoms with van der Waals surface area (Å²) >= 11 is 0. The normalized spacial score (nSPS) is 18.7. The Morgan fingerprint density at radius 3 is 1.72 bits per heavy atom. The second-order valence-electron chi connectivity index (χ2n) is 13.9. The predicted molar refractivity (Wildman–Crippen MR) is 213 cm³/mol. The van der Waals surface area contributed by atoms with Crippen molar-refractivity contribution < 1.29 is 19.1 Å². The molecule has 10 nitrogen and oxygen atoms in total. The molecule has 53 heavy (non-hydrogen) atoms. The lowest BCUT2D eigenvalue weighted by molar-refractivity contribution is -0.141. The monoisotopic (exact) mass is 716 g/mol. The lowest BCUT2D eigenvalue weighted by Crippen LogP contribution is -2.19. The Balaban J connectivity index is 1.47. The Morgan fingerprint density at radius 1 is 0.642 bits per heavy atom. The number of unbranched alkanes of at least 4 members (excludes halogenated alkanes) is 6. The molecule has 0 saturated carbocycles. The van der Waals surface area contributed by atoms with Gasteiger partial charge in [-0.1, -0.05) is 32.6 Å². The van der Waals surface area contributed by atoms with Gasteiger partial charge in [-0.05, 0) is 100.0 Å². The molecule has 0 atom stereocenters. The minimum absolute atomic E-state index is 0.190. The third-order valence-corrected chi connectivity index (χ3v) is 10.2. The summed E-state index contributed by atoms with van der Waals surface area (Å²) < 4.78 is 9.81. The number of H-pyrrole nitrogens is 1. The van der Waals surface area contributed by atoms with Gasteiger partial charge in [0, 0.05) is 54.7 Å². The van der Waals surface area contributed by atoms with Crippen LogP contribution in [0.5, 0.6) is 0 Å². The molecule has 0 aromatic carbocycles. The zero-order chi connectivity index (χ0) is 37.2. The Kier molecular flexibility index (Phi) is 12.7. The molecule has 6 heterocycles. The maximum atomic E-state index is 11.9. The van der Waals surface area contributed by atoms with Crippen molar-refractivity contribution in [2.75, 3.05) is 21.3 Å². The zero-order valence-corrected chi connectivity index (χ0v) is 31.6. The highest BCUT2D eigenvalue weighted by Crippen LogP contribution is 2.36. The molecule has 0 radical (unpaired) electrons. The number of aromatic amines is 1. The Morgan fingerprint density at radius 2 is 1.15 bits per heavy atom. The van der Waals surface area contributed by atoms with Gasteiger partial charge < -0.3 is 24.7 Å². The summed E-state index contributed by atoms with van der Waals surface area (Å²) in [6.07, 6.45) is 28.7. The van der Waals surface area contributed by atoms with E-state index in [2.05, 4.69) is 70.7 Å². The molecular weight excluding hydrogens is 665 g/mol. The number of esters is 2. The van der Waals surface area contributed by atoms with Gasteiger partial charge in [0.2, 0.25) is 0 Å². The second-order valence-corrected chi connectivity index (χ2v) is 13.9. The number of ether oxygens (including phenoxy) is 2. The molecule has 0 saturated heterocycles. The van der Waals surface area contributed by atoms with Gasteiger partial charge in [-0.2, -0.15) is 0 Å². The van der Waals surface area contributed by atoms with Gasteiger partial charge in [0.25, 0.3) is 0 Å². The molecule has 0 spiro atoms. The summed E-state index contributed by atoms with van der Waals surface area (Å²) in [5.41, 5.74) is 11.6. The van der Waals surface area contributed by atoms with Gasteiger partial charge in [0.05, 0.1) is 59.7 Å². The van der Waals surface area contributed by atoms with Crippen LogP contribution in [0.4, 0.5) is 0 Å². The molecule has 278 valence electrons. The first-order chi connectivity index (χ1) is 25.9. The number of hydrogen-bond donors (Lipinski definition) is 2. The number of carbonyl (C=O) groups is 2. The highest BCUT2D eigenvalue weighted by molar-refractivity contribution is 6.31. The van der Waals surface area contributed by atoms with E-state index >= 15 is 0 Å². The Bertz CT molecular complexity index is 1940. The van der Waals surface area contributed by atoms with Crippen LogP contribution in [0.2, 0.25) is 0 Å². The van der Waals surface area contributed by atoms with Crippen LogP contribution in [-0.2, 0) is 19.1 Å². The maximum Gasteiger partial charge on any atom is 0.305 e. The first kappa shape index (κ1) is 37.5. The predicted octanol–water partition coefficient (Wildman–Crippen LogP) is 8.78. The number of nitrogens with zero attached hydrogens (tertiary/aromatic N) is 4. The number of aromatic nitrogens is 1. The van der Waals surface area contributed by atoms with Crippen LogP contribution in [-0.4, -0.2) is 60.2 Å². The number of rotatable bonds is 16. The molecule has 0 unspecified atom stereocenters. The van der Waals surface area contributed by atoms with Crippen molar-refractivity contribution >= 4 is 40.2 Å². The molecule has 1 aromatic heterocycles. The standard InChI is InChI=1S/C43H52N6O4/c1-5-6-7-8-9-14-29-32-19-21-34(45-32)30(15-10-12-17-40(50)52-3)36-23-25-38(47-36)42(43-44-27-28-49(43)2)39-26-24-37(48-39)31(35-22-20-33(29)46-35)16-11-13-18-41(51)53-4/h19-28,44,47H,5-18H2,1-4H3/b33-29?,34-30?,37-31?,43-42-. The summed E-state index contributed by atoms with van der Waals surface area (Å²) in [5, 5.41) is 3.44. The lowest BCUT2D eigenvalue weighted by Gasteiger charge is -2.17. The molecule has 5 aliphatic rings. The van der Waals surface area contributed by atoms with Crippen LogP contribution in [0.1, 0.15) is 108 Å². The summed E-state index contributed by atoms with van der Waals surface area (Å²) in [5.74, 6) is 0.536. The van der Waals surface area contributed by atoms with Gasteiger partial charge >= 0.3 is 11.9 Å². The summed E-state index contributed by atoms with van der Waals surface area (Å²) in [4.78, 5) is 45.5. The van der Waals surface area contributed by atoms with E-state index in [4.69, 9.17) is 24.5 Å². The number of nitrogens with one attached hydrogen (secondary N) is 2. The number of aliphatic imine (C=N–C) groups is 3. The van der Waals surface area contributed by atoms with Gasteiger partial charge in [-0.15, -0.1) is 0 Å². The zero-order valence-electron chi connectivity index (χ0n) is 31.6. The van der Waals surface area contributed by atoms with Crippen LogP contribution in [0.15, 0.2) is 110 Å². The molecule has 5 aliphatic heterocycles. The Hall–Kier alpha value is -5.25. The van der Waals surface area contributed by atoms with E-state index in [9.17, 15) is 9.59 Å². The summed E-state index contributed by atoms with van der Waals surface area (Å²) in [7, 11) is 4.89. The van der Waals surface area contributed by atoms with E-state index in [1.165, 1.54) is 33.5 Å². The molecule has 0 amide bonds. The van der Waals surface area contributed by atoms with E-state index in [-0.39, 0.29) is 11.9 Å². The van der Waals surface area contributed by atoms with Crippen molar-refractivity contribution in [3.63, 3.8) is 0 Å². The van der Waals surface area contributed by atoms with Gasteiger partial charge in [0.1, 0.15) is 5.82 Å². The average Bonchev–Trinajstić information content (AvgIpc) is 4.02. The van der Waals surface area contributed by atoms with Crippen molar-refractivity contribution in [2.45, 2.75) is 96.8 Å². The number of carbonyl (C=O) groups excluding carboxylic acids is 2. The van der Waals surface area contributed by atoms with E-state index in [0.717, 1.165) is 132 Å². The fourth-order valence-corrected chi connectivity index (χ4v) is 7.25. The van der Waals surface area contributed by atoms with Gasteiger partial charge in [0.15, 0.2) is 0 Å². The first-order valence-electron chi connectivity index (χ1n) is 19.1. The minimum Gasteiger partial charge on any atom is -0.469 e. The van der Waals surface area contributed by atoms with Crippen LogP contribution in [0.25, 0.3) is 11.1 Å². The second kappa shape index (κ2) is 18.0. The fourth-order valence-electron chi connectivity index (χ4n) is 7.25. The maximum absolute atomic E-state index is 11.9.